The predicted molar refractivity (Wildman–Crippen MR) is 72.3 cm³/mol. The van der Waals surface area contributed by atoms with Crippen LogP contribution >= 0.6 is 11.6 Å². The van der Waals surface area contributed by atoms with Crippen molar-refractivity contribution < 1.29 is 9.50 Å². The van der Waals surface area contributed by atoms with Crippen molar-refractivity contribution in [1.29, 1.82) is 0 Å². The highest BCUT2D eigenvalue weighted by Gasteiger charge is 2.20. The minimum atomic E-state index is -0.830. The third-order valence-corrected chi connectivity index (χ3v) is 2.93. The van der Waals surface area contributed by atoms with Crippen molar-refractivity contribution in [3.63, 3.8) is 0 Å². The lowest BCUT2D eigenvalue weighted by atomic mass is 10.1. The van der Waals surface area contributed by atoms with Crippen LogP contribution in [0.25, 0.3) is 0 Å². The van der Waals surface area contributed by atoms with Crippen LogP contribution in [0.1, 0.15) is 12.5 Å². The zero-order chi connectivity index (χ0) is 13.8. The summed E-state index contributed by atoms with van der Waals surface area (Å²) >= 11 is 5.84. The van der Waals surface area contributed by atoms with Crippen LogP contribution in [0.5, 0.6) is 0 Å². The van der Waals surface area contributed by atoms with Gasteiger partial charge in [-0.2, -0.15) is 0 Å². The highest BCUT2D eigenvalue weighted by Crippen LogP contribution is 2.19. The fourth-order valence-corrected chi connectivity index (χ4v) is 2.08. The summed E-state index contributed by atoms with van der Waals surface area (Å²) < 4.78 is 13.2. The molecule has 1 rings (SSSR count). The standard InChI is InChI=1S/C13H20ClFN2O/c1-13(18,9-17(2)3)8-16-7-10-5-4-6-11(15)12(10)14/h4-6,16,18H,7-9H2,1-3H3. The highest BCUT2D eigenvalue weighted by atomic mass is 35.5. The maximum Gasteiger partial charge on any atom is 0.142 e. The van der Waals surface area contributed by atoms with Gasteiger partial charge < -0.3 is 15.3 Å². The monoisotopic (exact) mass is 274 g/mol. The molecule has 0 aliphatic rings. The largest absolute Gasteiger partial charge is 0.388 e. The fourth-order valence-electron chi connectivity index (χ4n) is 1.89. The zero-order valence-corrected chi connectivity index (χ0v) is 11.8. The van der Waals surface area contributed by atoms with Gasteiger partial charge in [0.15, 0.2) is 0 Å². The molecule has 5 heteroatoms. The van der Waals surface area contributed by atoms with E-state index in [9.17, 15) is 9.50 Å². The maximum atomic E-state index is 13.2. The van der Waals surface area contributed by atoms with Crippen molar-refractivity contribution in [3.05, 3.63) is 34.6 Å². The number of aliphatic hydroxyl groups is 1. The first-order valence-corrected chi connectivity index (χ1v) is 6.20. The molecule has 1 atom stereocenters. The molecule has 1 unspecified atom stereocenters. The first kappa shape index (κ1) is 15.4. The molecule has 0 radical (unpaired) electrons. The second-order valence-electron chi connectivity index (χ2n) is 5.05. The Morgan fingerprint density at radius 3 is 2.72 bits per heavy atom. The molecule has 0 bridgehead atoms. The van der Waals surface area contributed by atoms with E-state index in [1.807, 2.05) is 19.0 Å². The van der Waals surface area contributed by atoms with Crippen molar-refractivity contribution in [3.8, 4) is 0 Å². The van der Waals surface area contributed by atoms with Gasteiger partial charge in [0.2, 0.25) is 0 Å². The quantitative estimate of drug-likeness (QED) is 0.832. The van der Waals surface area contributed by atoms with E-state index in [1.54, 1.807) is 19.1 Å². The van der Waals surface area contributed by atoms with E-state index in [1.165, 1.54) is 6.07 Å². The summed E-state index contributed by atoms with van der Waals surface area (Å²) in [6.07, 6.45) is 0. The molecule has 1 aromatic carbocycles. The van der Waals surface area contributed by atoms with Crippen molar-refractivity contribution in [2.45, 2.75) is 19.1 Å². The van der Waals surface area contributed by atoms with Gasteiger partial charge in [-0.05, 0) is 32.6 Å². The van der Waals surface area contributed by atoms with Gasteiger partial charge >= 0.3 is 0 Å². The SMILES string of the molecule is CN(C)CC(C)(O)CNCc1cccc(F)c1Cl. The van der Waals surface area contributed by atoms with Crippen LogP contribution in [-0.4, -0.2) is 42.8 Å². The van der Waals surface area contributed by atoms with Gasteiger partial charge in [0.05, 0.1) is 10.6 Å². The van der Waals surface area contributed by atoms with Gasteiger partial charge in [-0.25, -0.2) is 4.39 Å². The number of hydrogen-bond donors (Lipinski definition) is 2. The van der Waals surface area contributed by atoms with Gasteiger partial charge in [-0.15, -0.1) is 0 Å². The van der Waals surface area contributed by atoms with E-state index in [-0.39, 0.29) is 5.02 Å². The molecule has 1 aromatic rings. The molecule has 0 aliphatic carbocycles. The minimum absolute atomic E-state index is 0.136. The lowest BCUT2D eigenvalue weighted by Crippen LogP contribution is -2.45. The average Bonchev–Trinajstić information content (AvgIpc) is 2.22. The summed E-state index contributed by atoms with van der Waals surface area (Å²) in [5, 5.41) is 13.3. The number of benzene rings is 1. The van der Waals surface area contributed by atoms with Crippen LogP contribution in [0.15, 0.2) is 18.2 Å². The Balaban J connectivity index is 2.49. The summed E-state index contributed by atoms with van der Waals surface area (Å²) in [5.41, 5.74) is -0.138. The predicted octanol–water partition coefficient (Wildman–Crippen LogP) is 1.88. The van der Waals surface area contributed by atoms with Crippen molar-refractivity contribution in [2.75, 3.05) is 27.2 Å². The topological polar surface area (TPSA) is 35.5 Å². The molecule has 0 aliphatic heterocycles. The Kier molecular flexibility index (Phi) is 5.53. The summed E-state index contributed by atoms with van der Waals surface area (Å²) in [4.78, 5) is 1.91. The van der Waals surface area contributed by atoms with Gasteiger partial charge in [0.25, 0.3) is 0 Å². The summed E-state index contributed by atoms with van der Waals surface area (Å²) in [6, 6.07) is 4.71. The first-order chi connectivity index (χ1) is 8.32. The number of nitrogens with one attached hydrogen (secondary N) is 1. The Morgan fingerprint density at radius 1 is 1.44 bits per heavy atom. The molecular formula is C13H20ClFN2O. The number of likely N-dealkylation sites (N-methyl/N-ethyl adjacent to an activating group) is 1. The average molecular weight is 275 g/mol. The summed E-state index contributed by atoms with van der Waals surface area (Å²) in [5.74, 6) is -0.420. The number of halogens is 2. The molecule has 2 N–H and O–H groups in total. The second kappa shape index (κ2) is 6.48. The highest BCUT2D eigenvalue weighted by molar-refractivity contribution is 6.31. The molecule has 0 saturated heterocycles. The summed E-state index contributed by atoms with van der Waals surface area (Å²) in [6.45, 7) is 3.16. The van der Waals surface area contributed by atoms with E-state index in [0.29, 0.717) is 25.2 Å². The van der Waals surface area contributed by atoms with Gasteiger partial charge in [0.1, 0.15) is 5.82 Å². The third kappa shape index (κ3) is 4.90. The van der Waals surface area contributed by atoms with Gasteiger partial charge in [0, 0.05) is 19.6 Å². The Hall–Kier alpha value is -0.680. The molecule has 0 saturated carbocycles. The van der Waals surface area contributed by atoms with Crippen LogP contribution in [0.2, 0.25) is 5.02 Å². The van der Waals surface area contributed by atoms with Crippen LogP contribution in [0, 0.1) is 5.82 Å². The Bertz CT molecular complexity index is 397. The normalized spacial score (nSPS) is 14.8. The maximum absolute atomic E-state index is 13.2. The van der Waals surface area contributed by atoms with E-state index in [0.717, 1.165) is 0 Å². The van der Waals surface area contributed by atoms with Crippen molar-refractivity contribution in [1.82, 2.24) is 10.2 Å². The molecule has 0 amide bonds. The lowest BCUT2D eigenvalue weighted by Gasteiger charge is -2.27. The third-order valence-electron chi connectivity index (χ3n) is 2.51. The molecule has 0 fully saturated rings. The Morgan fingerprint density at radius 2 is 2.11 bits per heavy atom. The molecule has 0 heterocycles. The Labute approximate surface area is 113 Å². The first-order valence-electron chi connectivity index (χ1n) is 5.82. The molecule has 3 nitrogen and oxygen atoms in total. The van der Waals surface area contributed by atoms with Crippen LogP contribution in [0.3, 0.4) is 0 Å². The molecule has 0 spiro atoms. The van der Waals surface area contributed by atoms with E-state index in [2.05, 4.69) is 5.32 Å². The minimum Gasteiger partial charge on any atom is -0.388 e. The molecule has 0 aromatic heterocycles. The van der Waals surface area contributed by atoms with Crippen LogP contribution in [0.4, 0.5) is 4.39 Å². The smallest absolute Gasteiger partial charge is 0.142 e. The van der Waals surface area contributed by atoms with E-state index in [4.69, 9.17) is 11.6 Å². The summed E-state index contributed by atoms with van der Waals surface area (Å²) in [7, 11) is 3.80. The van der Waals surface area contributed by atoms with Gasteiger partial charge in [-0.3, -0.25) is 0 Å². The van der Waals surface area contributed by atoms with Crippen molar-refractivity contribution in [2.24, 2.45) is 0 Å². The molecular weight excluding hydrogens is 255 g/mol. The van der Waals surface area contributed by atoms with Crippen LogP contribution < -0.4 is 5.32 Å². The van der Waals surface area contributed by atoms with E-state index < -0.39 is 11.4 Å². The fraction of sp³-hybridized carbons (Fsp3) is 0.538. The van der Waals surface area contributed by atoms with Crippen LogP contribution in [-0.2, 0) is 6.54 Å². The molecule has 18 heavy (non-hydrogen) atoms. The van der Waals surface area contributed by atoms with Gasteiger partial charge in [-0.1, -0.05) is 23.7 Å². The van der Waals surface area contributed by atoms with Crippen molar-refractivity contribution >= 4 is 11.6 Å². The number of rotatable bonds is 6. The number of hydrogen-bond acceptors (Lipinski definition) is 3. The van der Waals surface area contributed by atoms with E-state index >= 15 is 0 Å². The molecule has 102 valence electrons. The lowest BCUT2D eigenvalue weighted by molar-refractivity contribution is 0.0336. The number of nitrogens with zero attached hydrogens (tertiary/aromatic N) is 1. The second-order valence-corrected chi connectivity index (χ2v) is 5.43. The zero-order valence-electron chi connectivity index (χ0n) is 11.0.